The molecule has 0 radical (unpaired) electrons. The van der Waals surface area contributed by atoms with Gasteiger partial charge in [-0.3, -0.25) is 9.69 Å². The second kappa shape index (κ2) is 6.95. The molecule has 1 amide bonds. The van der Waals surface area contributed by atoms with Crippen LogP contribution >= 0.6 is 11.5 Å². The Hall–Kier alpha value is -1.01. The molecule has 1 saturated carbocycles. The van der Waals surface area contributed by atoms with Crippen molar-refractivity contribution >= 4 is 17.4 Å². The van der Waals surface area contributed by atoms with Crippen molar-refractivity contribution in [1.29, 1.82) is 0 Å². The van der Waals surface area contributed by atoms with E-state index in [1.54, 1.807) is 11.5 Å². The molecule has 4 rings (SSSR count). The third-order valence-corrected chi connectivity index (χ3v) is 6.89. The van der Waals surface area contributed by atoms with E-state index in [-0.39, 0.29) is 0 Å². The van der Waals surface area contributed by atoms with Crippen LogP contribution in [0.4, 0.5) is 0 Å². The molecule has 2 aliphatic heterocycles. The number of likely N-dealkylation sites (tertiary alicyclic amines) is 2. The van der Waals surface area contributed by atoms with Gasteiger partial charge >= 0.3 is 0 Å². The second-order valence-electron chi connectivity index (χ2n) is 8.77. The first kappa shape index (κ1) is 17.4. The fraction of sp³-hybridized carbons (Fsp3) is 0.842. The summed E-state index contributed by atoms with van der Waals surface area (Å²) in [4.78, 5) is 18.5. The summed E-state index contributed by atoms with van der Waals surface area (Å²) in [7, 11) is 0. The molecule has 0 bridgehead atoms. The van der Waals surface area contributed by atoms with Gasteiger partial charge in [0.25, 0.3) is 0 Å². The number of amides is 1. The third kappa shape index (κ3) is 3.90. The first-order chi connectivity index (χ1) is 12.0. The van der Waals surface area contributed by atoms with Gasteiger partial charge in [0.05, 0.1) is 10.6 Å². The molecule has 0 N–H and O–H groups in total. The van der Waals surface area contributed by atoms with E-state index in [0.717, 1.165) is 51.5 Å². The van der Waals surface area contributed by atoms with Crippen molar-refractivity contribution in [3.05, 3.63) is 10.6 Å². The first-order valence-corrected chi connectivity index (χ1v) is 10.6. The van der Waals surface area contributed by atoms with Gasteiger partial charge in [0.15, 0.2) is 0 Å². The number of nitrogens with zero attached hydrogens (tertiary/aromatic N) is 4. The number of rotatable bonds is 5. The van der Waals surface area contributed by atoms with Crippen LogP contribution in [0.5, 0.6) is 0 Å². The lowest BCUT2D eigenvalue weighted by atomic mass is 9.73. The lowest BCUT2D eigenvalue weighted by molar-refractivity contribution is -0.139. The Labute approximate surface area is 154 Å². The van der Waals surface area contributed by atoms with Gasteiger partial charge in [-0.1, -0.05) is 18.3 Å². The fourth-order valence-electron chi connectivity index (χ4n) is 4.63. The van der Waals surface area contributed by atoms with Crippen LogP contribution in [0.2, 0.25) is 0 Å². The highest BCUT2D eigenvalue weighted by Gasteiger charge is 2.42. The van der Waals surface area contributed by atoms with E-state index in [9.17, 15) is 4.79 Å². The second-order valence-corrected chi connectivity index (χ2v) is 9.61. The number of hydrogen-bond donors (Lipinski definition) is 0. The number of hydrogen-bond acceptors (Lipinski definition) is 5. The highest BCUT2D eigenvalue weighted by atomic mass is 32.1. The molecule has 1 atom stereocenters. The average Bonchev–Trinajstić information content (AvgIpc) is 3.27. The van der Waals surface area contributed by atoms with Crippen molar-refractivity contribution in [1.82, 2.24) is 19.4 Å². The average molecular weight is 363 g/mol. The van der Waals surface area contributed by atoms with Gasteiger partial charge in [0.1, 0.15) is 0 Å². The molecule has 2 saturated heterocycles. The summed E-state index contributed by atoms with van der Waals surface area (Å²) in [5.41, 5.74) is 1.48. The highest BCUT2D eigenvalue weighted by Crippen LogP contribution is 2.41. The fourth-order valence-corrected chi connectivity index (χ4v) is 5.46. The molecular weight excluding hydrogens is 332 g/mol. The largest absolute Gasteiger partial charge is 0.342 e. The molecule has 0 aromatic carbocycles. The maximum atomic E-state index is 12.3. The topological polar surface area (TPSA) is 49.3 Å². The van der Waals surface area contributed by atoms with Crippen molar-refractivity contribution in [2.24, 2.45) is 11.3 Å². The van der Waals surface area contributed by atoms with Crippen LogP contribution in [-0.2, 0) is 11.3 Å². The number of carbonyl (C=O) groups excluding carboxylic acids is 1. The Morgan fingerprint density at radius 2 is 2.12 bits per heavy atom. The summed E-state index contributed by atoms with van der Waals surface area (Å²) in [5.74, 6) is 1.62. The lowest BCUT2D eigenvalue weighted by Crippen LogP contribution is -2.54. The molecule has 1 aromatic heterocycles. The predicted octanol–water partition coefficient (Wildman–Crippen LogP) is 3.28. The van der Waals surface area contributed by atoms with E-state index in [0.29, 0.717) is 17.2 Å². The lowest BCUT2D eigenvalue weighted by Gasteiger charge is -2.48. The molecule has 3 aliphatic rings. The normalized spacial score (nSPS) is 28.3. The Bertz CT molecular complexity index is 627. The van der Waals surface area contributed by atoms with Gasteiger partial charge in [-0.25, -0.2) is 0 Å². The minimum absolute atomic E-state index is 0.317. The molecule has 1 aliphatic carbocycles. The van der Waals surface area contributed by atoms with Crippen LogP contribution in [0.15, 0.2) is 0 Å². The van der Waals surface area contributed by atoms with Crippen LogP contribution < -0.4 is 0 Å². The maximum Gasteiger partial charge on any atom is 0.222 e. The number of piperidine rings is 2. The van der Waals surface area contributed by atoms with Gasteiger partial charge < -0.3 is 4.90 Å². The predicted molar refractivity (Wildman–Crippen MR) is 99.5 cm³/mol. The Morgan fingerprint density at radius 1 is 1.28 bits per heavy atom. The Morgan fingerprint density at radius 3 is 2.88 bits per heavy atom. The minimum Gasteiger partial charge on any atom is -0.342 e. The smallest absolute Gasteiger partial charge is 0.222 e. The molecule has 1 unspecified atom stereocenters. The van der Waals surface area contributed by atoms with Crippen molar-refractivity contribution in [3.63, 3.8) is 0 Å². The SMILES string of the molecule is CC(C)c1nnsc1CN1CCCC2(CCC(=O)N(CC3CC3)C2)C1. The zero-order valence-electron chi connectivity index (χ0n) is 15.5. The monoisotopic (exact) mass is 362 g/mol. The van der Waals surface area contributed by atoms with Crippen LogP contribution in [0.1, 0.15) is 68.9 Å². The maximum absolute atomic E-state index is 12.3. The van der Waals surface area contributed by atoms with Crippen LogP contribution in [0, 0.1) is 11.3 Å². The first-order valence-electron chi connectivity index (χ1n) is 9.86. The zero-order valence-corrected chi connectivity index (χ0v) is 16.4. The van der Waals surface area contributed by atoms with E-state index < -0.39 is 0 Å². The van der Waals surface area contributed by atoms with Gasteiger partial charge in [-0.2, -0.15) is 0 Å². The minimum atomic E-state index is 0.317. The van der Waals surface area contributed by atoms with Crippen LogP contribution in [-0.4, -0.2) is 51.5 Å². The van der Waals surface area contributed by atoms with E-state index in [1.165, 1.54) is 36.3 Å². The van der Waals surface area contributed by atoms with Crippen molar-refractivity contribution in [2.75, 3.05) is 26.2 Å². The highest BCUT2D eigenvalue weighted by molar-refractivity contribution is 7.05. The van der Waals surface area contributed by atoms with Crippen LogP contribution in [0.3, 0.4) is 0 Å². The number of aromatic nitrogens is 2. The standard InChI is InChI=1S/C19H30N4OS/c1-14(2)18-16(25-21-20-18)11-22-9-3-7-19(12-22)8-6-17(24)23(13-19)10-15-4-5-15/h14-15H,3-13H2,1-2H3. The summed E-state index contributed by atoms with van der Waals surface area (Å²) in [5, 5.41) is 4.34. The van der Waals surface area contributed by atoms with Crippen LogP contribution in [0.25, 0.3) is 0 Å². The summed E-state index contributed by atoms with van der Waals surface area (Å²) in [6.07, 6.45) is 6.98. The number of carbonyl (C=O) groups is 1. The molecular formula is C19H30N4OS. The zero-order chi connectivity index (χ0) is 17.4. The Kier molecular flexibility index (Phi) is 4.84. The summed E-state index contributed by atoms with van der Waals surface area (Å²) >= 11 is 1.56. The van der Waals surface area contributed by atoms with Crippen molar-refractivity contribution in [2.45, 2.75) is 64.8 Å². The third-order valence-electron chi connectivity index (χ3n) is 6.16. The summed E-state index contributed by atoms with van der Waals surface area (Å²) in [6.45, 7) is 9.64. The van der Waals surface area contributed by atoms with Gasteiger partial charge in [0.2, 0.25) is 5.91 Å². The molecule has 1 aromatic rings. The molecule has 138 valence electrons. The van der Waals surface area contributed by atoms with Crippen molar-refractivity contribution in [3.8, 4) is 0 Å². The quantitative estimate of drug-likeness (QED) is 0.807. The molecule has 3 heterocycles. The van der Waals surface area contributed by atoms with E-state index >= 15 is 0 Å². The summed E-state index contributed by atoms with van der Waals surface area (Å²) < 4.78 is 4.19. The Balaban J connectivity index is 1.42. The molecule has 6 heteroatoms. The van der Waals surface area contributed by atoms with Gasteiger partial charge in [0, 0.05) is 38.0 Å². The molecule has 5 nitrogen and oxygen atoms in total. The molecule has 3 fully saturated rings. The van der Waals surface area contributed by atoms with E-state index in [1.807, 2.05) is 0 Å². The molecule has 1 spiro atoms. The summed E-state index contributed by atoms with van der Waals surface area (Å²) in [6, 6.07) is 0. The van der Waals surface area contributed by atoms with Crippen molar-refractivity contribution < 1.29 is 4.79 Å². The van der Waals surface area contributed by atoms with E-state index in [2.05, 4.69) is 33.2 Å². The molecule has 25 heavy (non-hydrogen) atoms. The van der Waals surface area contributed by atoms with E-state index in [4.69, 9.17) is 0 Å². The van der Waals surface area contributed by atoms with Gasteiger partial charge in [-0.15, -0.1) is 5.10 Å². The van der Waals surface area contributed by atoms with Gasteiger partial charge in [-0.05, 0) is 62.0 Å².